The zero-order chi connectivity index (χ0) is 17.2. The Morgan fingerprint density at radius 3 is 2.40 bits per heavy atom. The molecule has 0 saturated carbocycles. The van der Waals surface area contributed by atoms with E-state index in [1.165, 1.54) is 17.7 Å². The molecule has 0 fully saturated rings. The van der Waals surface area contributed by atoms with E-state index in [9.17, 15) is 4.39 Å². The molecule has 25 heavy (non-hydrogen) atoms. The smallest absolute Gasteiger partial charge is 0.123 e. The minimum Gasteiger partial charge on any atom is -0.356 e. The van der Waals surface area contributed by atoms with Gasteiger partial charge < -0.3 is 9.13 Å². The van der Waals surface area contributed by atoms with E-state index in [2.05, 4.69) is 34.1 Å². The second-order valence-corrected chi connectivity index (χ2v) is 6.12. The molecule has 0 aliphatic rings. The molecule has 4 rings (SSSR count). The summed E-state index contributed by atoms with van der Waals surface area (Å²) in [5.74, 6) is -0.226. The van der Waals surface area contributed by atoms with Crippen molar-refractivity contribution in [2.75, 3.05) is 0 Å². The number of benzene rings is 2. The van der Waals surface area contributed by atoms with Crippen molar-refractivity contribution < 1.29 is 4.39 Å². The van der Waals surface area contributed by atoms with Gasteiger partial charge in [0.15, 0.2) is 0 Å². The number of halogens is 1. The number of hydrogen-bond donors (Lipinski definition) is 0. The average Bonchev–Trinajstić information content (AvgIpc) is 3.28. The van der Waals surface area contributed by atoms with Crippen molar-refractivity contribution in [2.24, 2.45) is 7.05 Å². The van der Waals surface area contributed by atoms with Crippen LogP contribution in [0, 0.1) is 5.82 Å². The van der Waals surface area contributed by atoms with E-state index in [0.717, 1.165) is 16.7 Å². The quantitative estimate of drug-likeness (QED) is 0.533. The third-order valence-corrected chi connectivity index (χ3v) is 4.37. The lowest BCUT2D eigenvalue weighted by Gasteiger charge is -2.20. The number of imidazole rings is 1. The van der Waals surface area contributed by atoms with Crippen molar-refractivity contribution in [1.82, 2.24) is 14.1 Å². The number of nitrogens with zero attached hydrogens (tertiary/aromatic N) is 3. The van der Waals surface area contributed by atoms with Crippen LogP contribution in [0.25, 0.3) is 11.1 Å². The van der Waals surface area contributed by atoms with Crippen molar-refractivity contribution in [1.29, 1.82) is 0 Å². The summed E-state index contributed by atoms with van der Waals surface area (Å²) in [6.45, 7) is 0. The van der Waals surface area contributed by atoms with Gasteiger partial charge in [0.2, 0.25) is 0 Å². The number of aryl methyl sites for hydroxylation is 1. The lowest BCUT2D eigenvalue weighted by Crippen LogP contribution is -2.10. The summed E-state index contributed by atoms with van der Waals surface area (Å²) in [5, 5.41) is 0. The molecular weight excluding hydrogens is 313 g/mol. The van der Waals surface area contributed by atoms with Crippen molar-refractivity contribution in [3.05, 3.63) is 103 Å². The summed E-state index contributed by atoms with van der Waals surface area (Å²) in [5.41, 5.74) is 4.41. The first-order chi connectivity index (χ1) is 12.2. The summed E-state index contributed by atoms with van der Waals surface area (Å²) in [6.07, 6.45) is 9.79. The normalized spacial score (nSPS) is 12.2. The fraction of sp³-hybridized carbons (Fsp3) is 0.0952. The Morgan fingerprint density at radius 1 is 0.960 bits per heavy atom. The van der Waals surface area contributed by atoms with Gasteiger partial charge in [-0.05, 0) is 23.3 Å². The molecule has 1 unspecified atom stereocenters. The molecule has 0 N–H and O–H groups in total. The van der Waals surface area contributed by atoms with Crippen LogP contribution in [0.15, 0.2) is 85.7 Å². The van der Waals surface area contributed by atoms with Crippen LogP contribution >= 0.6 is 0 Å². The van der Waals surface area contributed by atoms with Crippen LogP contribution in [0.4, 0.5) is 4.39 Å². The largest absolute Gasteiger partial charge is 0.356 e. The highest BCUT2D eigenvalue weighted by Gasteiger charge is 2.21. The SMILES string of the molecule is Cn1cc(-c2ccc(F)cc2)c(C(c2ccccc2)n2ccnc2)c1. The summed E-state index contributed by atoms with van der Waals surface area (Å²) in [6, 6.07) is 17.0. The van der Waals surface area contributed by atoms with Crippen molar-refractivity contribution in [3.8, 4) is 11.1 Å². The van der Waals surface area contributed by atoms with Gasteiger partial charge in [0.05, 0.1) is 12.4 Å². The lowest BCUT2D eigenvalue weighted by atomic mass is 9.94. The van der Waals surface area contributed by atoms with Crippen LogP contribution in [-0.4, -0.2) is 14.1 Å². The van der Waals surface area contributed by atoms with E-state index in [1.807, 2.05) is 54.5 Å². The standard InChI is InChI=1S/C21H18FN3/c1-24-13-19(16-7-9-18(22)10-8-16)20(14-24)21(25-12-11-23-15-25)17-5-3-2-4-6-17/h2-15,21H,1H3. The van der Waals surface area contributed by atoms with Crippen LogP contribution in [-0.2, 0) is 7.05 Å². The Kier molecular flexibility index (Phi) is 3.94. The van der Waals surface area contributed by atoms with Gasteiger partial charge >= 0.3 is 0 Å². The number of hydrogen-bond acceptors (Lipinski definition) is 1. The Balaban J connectivity index is 1.90. The molecule has 4 aromatic rings. The predicted octanol–water partition coefficient (Wildman–Crippen LogP) is 4.67. The molecule has 0 radical (unpaired) electrons. The van der Waals surface area contributed by atoms with E-state index in [0.29, 0.717) is 0 Å². The predicted molar refractivity (Wildman–Crippen MR) is 96.7 cm³/mol. The van der Waals surface area contributed by atoms with Crippen LogP contribution in [0.5, 0.6) is 0 Å². The first-order valence-electron chi connectivity index (χ1n) is 8.16. The van der Waals surface area contributed by atoms with Crippen molar-refractivity contribution in [2.45, 2.75) is 6.04 Å². The molecule has 124 valence electrons. The molecule has 0 bridgehead atoms. The summed E-state index contributed by atoms with van der Waals surface area (Å²) in [7, 11) is 2.01. The monoisotopic (exact) mass is 331 g/mol. The van der Waals surface area contributed by atoms with Gasteiger partial charge in [-0.25, -0.2) is 9.37 Å². The van der Waals surface area contributed by atoms with Gasteiger partial charge in [0.25, 0.3) is 0 Å². The van der Waals surface area contributed by atoms with E-state index in [1.54, 1.807) is 6.20 Å². The molecule has 0 aliphatic heterocycles. The summed E-state index contributed by atoms with van der Waals surface area (Å²) < 4.78 is 17.5. The molecule has 0 spiro atoms. The molecule has 0 aliphatic carbocycles. The third kappa shape index (κ3) is 2.98. The van der Waals surface area contributed by atoms with E-state index in [4.69, 9.17) is 0 Å². The molecule has 2 heterocycles. The van der Waals surface area contributed by atoms with Crippen molar-refractivity contribution >= 4 is 0 Å². The molecule has 2 aromatic carbocycles. The summed E-state index contributed by atoms with van der Waals surface area (Å²) >= 11 is 0. The Morgan fingerprint density at radius 2 is 1.72 bits per heavy atom. The molecule has 2 aromatic heterocycles. The molecule has 1 atom stereocenters. The minimum absolute atomic E-state index is 0.00459. The molecule has 0 amide bonds. The first kappa shape index (κ1) is 15.4. The molecular formula is C21H18FN3. The van der Waals surface area contributed by atoms with Crippen LogP contribution < -0.4 is 0 Å². The van der Waals surface area contributed by atoms with Crippen LogP contribution in [0.3, 0.4) is 0 Å². The van der Waals surface area contributed by atoms with Gasteiger partial charge in [0, 0.05) is 43.0 Å². The van der Waals surface area contributed by atoms with Crippen molar-refractivity contribution in [3.63, 3.8) is 0 Å². The topological polar surface area (TPSA) is 22.8 Å². The highest BCUT2D eigenvalue weighted by molar-refractivity contribution is 5.68. The second-order valence-electron chi connectivity index (χ2n) is 6.12. The van der Waals surface area contributed by atoms with E-state index < -0.39 is 0 Å². The van der Waals surface area contributed by atoms with Gasteiger partial charge in [-0.2, -0.15) is 0 Å². The minimum atomic E-state index is -0.226. The van der Waals surface area contributed by atoms with E-state index in [-0.39, 0.29) is 11.9 Å². The van der Waals surface area contributed by atoms with E-state index >= 15 is 0 Å². The van der Waals surface area contributed by atoms with Gasteiger partial charge in [0.1, 0.15) is 5.82 Å². The summed E-state index contributed by atoms with van der Waals surface area (Å²) in [4.78, 5) is 4.22. The Hall–Kier alpha value is -3.14. The molecule has 3 nitrogen and oxygen atoms in total. The van der Waals surface area contributed by atoms with Crippen LogP contribution in [0.2, 0.25) is 0 Å². The highest BCUT2D eigenvalue weighted by Crippen LogP contribution is 2.35. The van der Waals surface area contributed by atoms with Gasteiger partial charge in [-0.1, -0.05) is 42.5 Å². The number of rotatable bonds is 4. The molecule has 0 saturated heterocycles. The number of aromatic nitrogens is 3. The lowest BCUT2D eigenvalue weighted by molar-refractivity contribution is 0.628. The fourth-order valence-electron chi connectivity index (χ4n) is 3.26. The fourth-order valence-corrected chi connectivity index (χ4v) is 3.26. The van der Waals surface area contributed by atoms with Gasteiger partial charge in [-0.3, -0.25) is 0 Å². The maximum Gasteiger partial charge on any atom is 0.123 e. The third-order valence-electron chi connectivity index (χ3n) is 4.37. The zero-order valence-electron chi connectivity index (χ0n) is 13.9. The maximum atomic E-state index is 13.3. The molecule has 4 heteroatoms. The Labute approximate surface area is 146 Å². The van der Waals surface area contributed by atoms with Crippen LogP contribution in [0.1, 0.15) is 17.2 Å². The maximum absolute atomic E-state index is 13.3. The average molecular weight is 331 g/mol. The Bertz CT molecular complexity index is 954. The highest BCUT2D eigenvalue weighted by atomic mass is 19.1. The van der Waals surface area contributed by atoms with Gasteiger partial charge in [-0.15, -0.1) is 0 Å². The zero-order valence-corrected chi connectivity index (χ0v) is 13.9. The first-order valence-corrected chi connectivity index (χ1v) is 8.16. The second kappa shape index (κ2) is 6.40.